The Morgan fingerprint density at radius 1 is 0.810 bits per heavy atom. The number of carbonyl (C=O) groups is 1. The van der Waals surface area contributed by atoms with Crippen LogP contribution < -0.4 is 10.7 Å². The molecule has 0 unspecified atom stereocenters. The summed E-state index contributed by atoms with van der Waals surface area (Å²) in [5, 5.41) is 27.0. The van der Waals surface area contributed by atoms with Gasteiger partial charge in [0.2, 0.25) is 5.13 Å². The number of rotatable bonds is 8. The Balaban J connectivity index is 1.49. The normalized spacial score (nSPS) is 11.8. The van der Waals surface area contributed by atoms with Crippen molar-refractivity contribution in [1.82, 2.24) is 10.2 Å². The van der Waals surface area contributed by atoms with Crippen molar-refractivity contribution in [3.8, 4) is 10.6 Å². The zero-order valence-electron chi connectivity index (χ0n) is 21.2. The molecule has 3 N–H and O–H groups in total. The van der Waals surface area contributed by atoms with Crippen LogP contribution in [0.25, 0.3) is 10.6 Å². The Hall–Kier alpha value is -4.45. The Morgan fingerprint density at radius 2 is 1.50 bits per heavy atom. The maximum atomic E-state index is 13.5. The van der Waals surface area contributed by atoms with Gasteiger partial charge in [-0.2, -0.15) is 18.3 Å². The van der Waals surface area contributed by atoms with E-state index >= 15 is 0 Å². The van der Waals surface area contributed by atoms with E-state index in [1.54, 1.807) is 42.5 Å². The lowest BCUT2D eigenvalue weighted by atomic mass is 9.99. The lowest BCUT2D eigenvalue weighted by Gasteiger charge is -2.12. The molecule has 4 aromatic carbocycles. The molecule has 0 saturated heterocycles. The molecule has 0 saturated carbocycles. The van der Waals surface area contributed by atoms with Crippen LogP contribution in [0.2, 0.25) is 10.0 Å². The highest BCUT2D eigenvalue weighted by Gasteiger charge is 2.31. The van der Waals surface area contributed by atoms with Gasteiger partial charge in [0.25, 0.3) is 0 Å². The number of benzene rings is 4. The molecule has 42 heavy (non-hydrogen) atoms. The van der Waals surface area contributed by atoms with Gasteiger partial charge in [0.05, 0.1) is 32.6 Å². The molecule has 0 amide bonds. The number of carboxylic acid groups (broad SMARTS) is 1. The van der Waals surface area contributed by atoms with E-state index in [9.17, 15) is 18.0 Å². The second-order valence-electron chi connectivity index (χ2n) is 8.78. The van der Waals surface area contributed by atoms with Gasteiger partial charge in [-0.05, 0) is 60.7 Å². The largest absolute Gasteiger partial charge is 0.478 e. The Bertz CT molecular complexity index is 1790. The van der Waals surface area contributed by atoms with E-state index in [0.29, 0.717) is 42.7 Å². The second-order valence-corrected chi connectivity index (χ2v) is 10.6. The summed E-state index contributed by atoms with van der Waals surface area (Å²) in [4.78, 5) is 11.2. The van der Waals surface area contributed by atoms with Crippen LogP contribution >= 0.6 is 34.5 Å². The number of aromatic nitrogens is 2. The fraction of sp³-hybridized carbons (Fsp3) is 0.0345. The van der Waals surface area contributed by atoms with Gasteiger partial charge in [-0.1, -0.05) is 64.9 Å². The van der Waals surface area contributed by atoms with E-state index in [4.69, 9.17) is 28.3 Å². The summed E-state index contributed by atoms with van der Waals surface area (Å²) in [6.07, 6.45) is -4.55. The van der Waals surface area contributed by atoms with Crippen molar-refractivity contribution in [3.05, 3.63) is 123 Å². The van der Waals surface area contributed by atoms with Crippen molar-refractivity contribution in [2.24, 2.45) is 5.10 Å². The number of nitrogens with one attached hydrogen (secondary N) is 2. The first-order valence-electron chi connectivity index (χ1n) is 12.1. The predicted octanol–water partition coefficient (Wildman–Crippen LogP) is 8.84. The number of halogens is 5. The van der Waals surface area contributed by atoms with Crippen molar-refractivity contribution in [2.75, 3.05) is 10.7 Å². The van der Waals surface area contributed by atoms with E-state index in [1.165, 1.54) is 47.7 Å². The molecule has 0 bridgehead atoms. The predicted molar refractivity (Wildman–Crippen MR) is 159 cm³/mol. The average molecular weight is 628 g/mol. The highest BCUT2D eigenvalue weighted by molar-refractivity contribution is 7.18. The minimum absolute atomic E-state index is 0.0837. The highest BCUT2D eigenvalue weighted by atomic mass is 35.5. The molecule has 5 rings (SSSR count). The number of hydrogen-bond acceptors (Lipinski definition) is 7. The molecule has 1 aromatic heterocycles. The van der Waals surface area contributed by atoms with Gasteiger partial charge in [-0.15, -0.1) is 10.2 Å². The molecule has 1 heterocycles. The molecule has 0 aliphatic heterocycles. The van der Waals surface area contributed by atoms with E-state index in [1.807, 2.05) is 0 Å². The summed E-state index contributed by atoms with van der Waals surface area (Å²) in [7, 11) is 0. The first-order chi connectivity index (χ1) is 20.1. The minimum Gasteiger partial charge on any atom is -0.478 e. The Kier molecular flexibility index (Phi) is 8.44. The first-order valence-corrected chi connectivity index (χ1v) is 13.6. The van der Waals surface area contributed by atoms with Crippen molar-refractivity contribution < 1.29 is 23.1 Å². The lowest BCUT2D eigenvalue weighted by Crippen LogP contribution is -2.10. The van der Waals surface area contributed by atoms with Crippen molar-refractivity contribution in [1.29, 1.82) is 0 Å². The monoisotopic (exact) mass is 627 g/mol. The Labute approximate surface area is 251 Å². The van der Waals surface area contributed by atoms with Crippen LogP contribution in [-0.2, 0) is 6.18 Å². The van der Waals surface area contributed by atoms with Crippen LogP contribution in [-0.4, -0.2) is 27.0 Å². The molecule has 0 radical (unpaired) electrons. The number of hydrogen-bond donors (Lipinski definition) is 3. The van der Waals surface area contributed by atoms with Crippen molar-refractivity contribution in [2.45, 2.75) is 6.18 Å². The summed E-state index contributed by atoms with van der Waals surface area (Å²) in [5.74, 6) is -1.08. The molecule has 7 nitrogen and oxygen atoms in total. The third-order valence-electron chi connectivity index (χ3n) is 5.87. The van der Waals surface area contributed by atoms with Crippen LogP contribution in [0.5, 0.6) is 0 Å². The standard InChI is InChI=1S/C29H18Cl2F3N5O2S/c30-23-12-11-22(15-24(23)31)35-28-39-38-26(42-28)19-5-1-3-17(13-19)25(18-4-2-6-20(14-18)29(32,33)34)37-36-21-9-7-16(8-10-21)27(40)41/h1-15,36H,(H,35,39)(H,40,41)/b37-25-. The first kappa shape index (κ1) is 29.1. The lowest BCUT2D eigenvalue weighted by molar-refractivity contribution is -0.137. The molecule has 13 heteroatoms. The van der Waals surface area contributed by atoms with Crippen molar-refractivity contribution in [3.63, 3.8) is 0 Å². The number of aromatic carboxylic acids is 1. The molecule has 212 valence electrons. The van der Waals surface area contributed by atoms with E-state index < -0.39 is 17.7 Å². The van der Waals surface area contributed by atoms with E-state index in [2.05, 4.69) is 26.0 Å². The zero-order chi connectivity index (χ0) is 29.9. The van der Waals surface area contributed by atoms with Crippen molar-refractivity contribution >= 4 is 62.7 Å². The summed E-state index contributed by atoms with van der Waals surface area (Å²) in [6, 6.07) is 22.7. The number of hydrazone groups is 1. The third-order valence-corrected chi connectivity index (χ3v) is 7.50. The molecule has 5 aromatic rings. The molecular weight excluding hydrogens is 610 g/mol. The minimum atomic E-state index is -4.55. The average Bonchev–Trinajstić information content (AvgIpc) is 3.44. The number of anilines is 3. The SMILES string of the molecule is O=C(O)c1ccc(N/N=C(/c2cccc(-c3nnc(Nc4ccc(Cl)c(Cl)c4)s3)c2)c2cccc(C(F)(F)F)c2)cc1. The summed E-state index contributed by atoms with van der Waals surface area (Å²) >= 11 is 13.3. The molecular formula is C29H18Cl2F3N5O2S. The smallest absolute Gasteiger partial charge is 0.416 e. The van der Waals surface area contributed by atoms with Crippen LogP contribution in [0.3, 0.4) is 0 Å². The molecule has 0 aliphatic carbocycles. The van der Waals surface area contributed by atoms with Crippen LogP contribution in [0.15, 0.2) is 96.1 Å². The highest BCUT2D eigenvalue weighted by Crippen LogP contribution is 2.33. The van der Waals surface area contributed by atoms with E-state index in [-0.39, 0.29) is 16.8 Å². The molecule has 0 atom stereocenters. The maximum absolute atomic E-state index is 13.5. The number of carboxylic acids is 1. The van der Waals surface area contributed by atoms with Crippen LogP contribution in [0.4, 0.5) is 29.7 Å². The topological polar surface area (TPSA) is 99.5 Å². The van der Waals surface area contributed by atoms with Gasteiger partial charge in [0.15, 0.2) is 0 Å². The second kappa shape index (κ2) is 12.2. The zero-order valence-corrected chi connectivity index (χ0v) is 23.5. The van der Waals surface area contributed by atoms with Gasteiger partial charge >= 0.3 is 12.1 Å². The fourth-order valence-electron chi connectivity index (χ4n) is 3.83. The number of nitrogens with zero attached hydrogens (tertiary/aromatic N) is 3. The van der Waals surface area contributed by atoms with Gasteiger partial charge in [-0.3, -0.25) is 5.43 Å². The van der Waals surface area contributed by atoms with Gasteiger partial charge in [0, 0.05) is 22.4 Å². The Morgan fingerprint density at radius 3 is 2.19 bits per heavy atom. The number of alkyl halides is 3. The summed E-state index contributed by atoms with van der Waals surface area (Å²) < 4.78 is 40.6. The van der Waals surface area contributed by atoms with Crippen LogP contribution in [0.1, 0.15) is 27.0 Å². The third kappa shape index (κ3) is 6.88. The van der Waals surface area contributed by atoms with Gasteiger partial charge in [0.1, 0.15) is 5.01 Å². The molecule has 0 aliphatic rings. The van der Waals surface area contributed by atoms with Gasteiger partial charge < -0.3 is 10.4 Å². The fourth-order valence-corrected chi connectivity index (χ4v) is 4.89. The molecule has 0 fully saturated rings. The summed E-state index contributed by atoms with van der Waals surface area (Å²) in [5.41, 5.74) is 4.82. The quantitative estimate of drug-likeness (QED) is 0.117. The van der Waals surface area contributed by atoms with Crippen LogP contribution in [0, 0.1) is 0 Å². The maximum Gasteiger partial charge on any atom is 0.416 e. The molecule has 0 spiro atoms. The summed E-state index contributed by atoms with van der Waals surface area (Å²) in [6.45, 7) is 0. The van der Waals surface area contributed by atoms with E-state index in [0.717, 1.165) is 12.1 Å². The van der Waals surface area contributed by atoms with Gasteiger partial charge in [-0.25, -0.2) is 4.79 Å².